The Morgan fingerprint density at radius 3 is 2.62 bits per heavy atom. The fraction of sp³-hybridized carbons (Fsp3) is 0.500. The number of aliphatic hydroxyl groups is 1. The summed E-state index contributed by atoms with van der Waals surface area (Å²) in [6, 6.07) is 5.84. The van der Waals surface area contributed by atoms with E-state index >= 15 is 0 Å². The number of ether oxygens (including phenoxy) is 1. The van der Waals surface area contributed by atoms with E-state index < -0.39 is 0 Å². The Balaban J connectivity index is 2.38. The molecule has 0 aliphatic heterocycles. The van der Waals surface area contributed by atoms with Gasteiger partial charge in [0.2, 0.25) is 0 Å². The third kappa shape index (κ3) is 4.97. The summed E-state index contributed by atoms with van der Waals surface area (Å²) >= 11 is 0. The highest BCUT2D eigenvalue weighted by molar-refractivity contribution is 5.41. The molecule has 0 atom stereocenters. The van der Waals surface area contributed by atoms with Crippen LogP contribution in [0.5, 0.6) is 0 Å². The van der Waals surface area contributed by atoms with Crippen molar-refractivity contribution in [3.05, 3.63) is 47.7 Å². The van der Waals surface area contributed by atoms with Crippen molar-refractivity contribution in [1.82, 2.24) is 15.0 Å². The normalized spacial score (nSPS) is 11.5. The zero-order chi connectivity index (χ0) is 17.6. The number of anilines is 1. The van der Waals surface area contributed by atoms with Crippen LogP contribution in [0.4, 0.5) is 5.82 Å². The maximum Gasteiger partial charge on any atom is 0.136 e. The van der Waals surface area contributed by atoms with Gasteiger partial charge in [-0.1, -0.05) is 26.8 Å². The van der Waals surface area contributed by atoms with Gasteiger partial charge in [0.1, 0.15) is 11.6 Å². The molecule has 2 aromatic heterocycles. The van der Waals surface area contributed by atoms with E-state index in [0.717, 1.165) is 22.9 Å². The Labute approximate surface area is 143 Å². The molecule has 2 heterocycles. The van der Waals surface area contributed by atoms with Gasteiger partial charge in [-0.25, -0.2) is 9.97 Å². The predicted octanol–water partition coefficient (Wildman–Crippen LogP) is 2.31. The quantitative estimate of drug-likeness (QED) is 0.840. The number of hydrogen-bond acceptors (Lipinski definition) is 6. The fourth-order valence-electron chi connectivity index (χ4n) is 2.31. The predicted molar refractivity (Wildman–Crippen MR) is 93.8 cm³/mol. The Morgan fingerprint density at radius 1 is 1.25 bits per heavy atom. The lowest BCUT2D eigenvalue weighted by Crippen LogP contribution is -2.29. The van der Waals surface area contributed by atoms with Crippen LogP contribution in [-0.4, -0.2) is 40.3 Å². The molecule has 1 N–H and O–H groups in total. The summed E-state index contributed by atoms with van der Waals surface area (Å²) in [7, 11) is 1.65. The number of aromatic nitrogens is 3. The molecule has 0 aromatic carbocycles. The summed E-state index contributed by atoms with van der Waals surface area (Å²) in [6.07, 6.45) is 3.57. The highest BCUT2D eigenvalue weighted by Gasteiger charge is 2.21. The molecule has 0 radical (unpaired) electrons. The van der Waals surface area contributed by atoms with Crippen LogP contribution in [0.3, 0.4) is 0 Å². The molecule has 0 bridgehead atoms. The van der Waals surface area contributed by atoms with Crippen LogP contribution in [-0.2, 0) is 23.3 Å². The average Bonchev–Trinajstić information content (AvgIpc) is 2.55. The molecule has 0 saturated carbocycles. The molecule has 130 valence electrons. The summed E-state index contributed by atoms with van der Waals surface area (Å²) in [5.74, 6) is 1.56. The third-order valence-electron chi connectivity index (χ3n) is 3.52. The number of hydrogen-bond donors (Lipinski definition) is 1. The van der Waals surface area contributed by atoms with Gasteiger partial charge in [-0.2, -0.15) is 0 Å². The van der Waals surface area contributed by atoms with Gasteiger partial charge >= 0.3 is 0 Å². The first-order valence-electron chi connectivity index (χ1n) is 8.06. The van der Waals surface area contributed by atoms with E-state index in [2.05, 4.69) is 30.7 Å². The first-order chi connectivity index (χ1) is 11.4. The number of nitrogens with zero attached hydrogens (tertiary/aromatic N) is 4. The SMILES string of the molecule is COCc1cc(N(CCO)Cc2cccnc2)nc(C(C)(C)C)n1. The zero-order valence-electron chi connectivity index (χ0n) is 14.9. The largest absolute Gasteiger partial charge is 0.395 e. The van der Waals surface area contributed by atoms with E-state index in [0.29, 0.717) is 19.7 Å². The second-order valence-electron chi connectivity index (χ2n) is 6.73. The molecule has 24 heavy (non-hydrogen) atoms. The molecule has 6 heteroatoms. The zero-order valence-corrected chi connectivity index (χ0v) is 14.9. The van der Waals surface area contributed by atoms with Crippen LogP contribution in [0.25, 0.3) is 0 Å². The first kappa shape index (κ1) is 18.3. The smallest absolute Gasteiger partial charge is 0.136 e. The van der Waals surface area contributed by atoms with E-state index in [9.17, 15) is 5.11 Å². The van der Waals surface area contributed by atoms with Gasteiger partial charge in [0.25, 0.3) is 0 Å². The number of aliphatic hydroxyl groups excluding tert-OH is 1. The van der Waals surface area contributed by atoms with Crippen molar-refractivity contribution >= 4 is 5.82 Å². The minimum absolute atomic E-state index is 0.0503. The van der Waals surface area contributed by atoms with Gasteiger partial charge < -0.3 is 14.7 Å². The second kappa shape index (κ2) is 8.17. The van der Waals surface area contributed by atoms with Crippen molar-refractivity contribution in [3.8, 4) is 0 Å². The number of rotatable bonds is 7. The lowest BCUT2D eigenvalue weighted by molar-refractivity contribution is 0.181. The van der Waals surface area contributed by atoms with Crippen molar-refractivity contribution in [1.29, 1.82) is 0 Å². The molecule has 0 unspecified atom stereocenters. The van der Waals surface area contributed by atoms with Crippen LogP contribution < -0.4 is 4.90 Å². The molecule has 0 saturated heterocycles. The lowest BCUT2D eigenvalue weighted by atomic mass is 9.95. The Morgan fingerprint density at radius 2 is 2.04 bits per heavy atom. The van der Waals surface area contributed by atoms with Crippen molar-refractivity contribution in [3.63, 3.8) is 0 Å². The summed E-state index contributed by atoms with van der Waals surface area (Å²) < 4.78 is 5.24. The van der Waals surface area contributed by atoms with Crippen LogP contribution in [0.2, 0.25) is 0 Å². The summed E-state index contributed by atoms with van der Waals surface area (Å²) in [5.41, 5.74) is 1.73. The molecule has 0 amide bonds. The Bertz CT molecular complexity index is 641. The maximum absolute atomic E-state index is 9.45. The van der Waals surface area contributed by atoms with Gasteiger partial charge in [-0.05, 0) is 11.6 Å². The third-order valence-corrected chi connectivity index (χ3v) is 3.52. The van der Waals surface area contributed by atoms with Crippen molar-refractivity contribution in [2.24, 2.45) is 0 Å². The first-order valence-corrected chi connectivity index (χ1v) is 8.06. The molecule has 0 fully saturated rings. The molecule has 0 spiro atoms. The summed E-state index contributed by atoms with van der Waals surface area (Å²) in [5, 5.41) is 9.45. The fourth-order valence-corrected chi connectivity index (χ4v) is 2.31. The average molecular weight is 330 g/mol. The lowest BCUT2D eigenvalue weighted by Gasteiger charge is -2.26. The minimum Gasteiger partial charge on any atom is -0.395 e. The second-order valence-corrected chi connectivity index (χ2v) is 6.73. The Hall–Kier alpha value is -2.05. The van der Waals surface area contributed by atoms with Crippen LogP contribution in [0.15, 0.2) is 30.6 Å². The molecule has 6 nitrogen and oxygen atoms in total. The molecular formula is C18H26N4O2. The molecular weight excluding hydrogens is 304 g/mol. The molecule has 0 aliphatic carbocycles. The van der Waals surface area contributed by atoms with E-state index in [1.807, 2.05) is 29.3 Å². The molecule has 2 aromatic rings. The number of methoxy groups -OCH3 is 1. The monoisotopic (exact) mass is 330 g/mol. The minimum atomic E-state index is -0.169. The highest BCUT2D eigenvalue weighted by Crippen LogP contribution is 2.23. The van der Waals surface area contributed by atoms with Gasteiger partial charge in [0.15, 0.2) is 0 Å². The van der Waals surface area contributed by atoms with E-state index in [1.165, 1.54) is 0 Å². The van der Waals surface area contributed by atoms with Crippen molar-refractivity contribution in [2.75, 3.05) is 25.2 Å². The highest BCUT2D eigenvalue weighted by atomic mass is 16.5. The van der Waals surface area contributed by atoms with E-state index in [4.69, 9.17) is 9.72 Å². The molecule has 0 aliphatic rings. The van der Waals surface area contributed by atoms with Crippen LogP contribution in [0.1, 0.15) is 37.9 Å². The van der Waals surface area contributed by atoms with Gasteiger partial charge in [0.05, 0.1) is 18.9 Å². The molecule has 2 rings (SSSR count). The van der Waals surface area contributed by atoms with Crippen molar-refractivity contribution < 1.29 is 9.84 Å². The van der Waals surface area contributed by atoms with Gasteiger partial charge in [-0.3, -0.25) is 4.98 Å². The summed E-state index contributed by atoms with van der Waals surface area (Å²) in [6.45, 7) is 7.84. The maximum atomic E-state index is 9.45. The standard InChI is InChI=1S/C18H26N4O2/c1-18(2,3)17-20-15(13-24-4)10-16(21-17)22(8-9-23)12-14-6-5-7-19-11-14/h5-7,10-11,23H,8-9,12-13H2,1-4H3. The summed E-state index contributed by atoms with van der Waals surface area (Å²) in [4.78, 5) is 15.5. The van der Waals surface area contributed by atoms with Crippen molar-refractivity contribution in [2.45, 2.75) is 39.3 Å². The van der Waals surface area contributed by atoms with Gasteiger partial charge in [-0.15, -0.1) is 0 Å². The van der Waals surface area contributed by atoms with E-state index in [1.54, 1.807) is 13.3 Å². The van der Waals surface area contributed by atoms with Crippen LogP contribution in [0, 0.1) is 0 Å². The van der Waals surface area contributed by atoms with Crippen LogP contribution >= 0.6 is 0 Å². The number of pyridine rings is 1. The topological polar surface area (TPSA) is 71.4 Å². The van der Waals surface area contributed by atoms with Gasteiger partial charge in [0, 0.05) is 44.1 Å². The van der Waals surface area contributed by atoms with E-state index in [-0.39, 0.29) is 12.0 Å². The Kier molecular flexibility index (Phi) is 6.23.